The van der Waals surface area contributed by atoms with Crippen molar-refractivity contribution in [2.24, 2.45) is 0 Å². The van der Waals surface area contributed by atoms with Crippen molar-refractivity contribution in [3.8, 4) is 0 Å². The molecular weight excluding hydrogens is 783 g/mol. The number of hydrogen-bond donors (Lipinski definition) is 7. The van der Waals surface area contributed by atoms with Crippen LogP contribution in [0.1, 0.15) is 226 Å². The molecule has 0 aliphatic carbocycles. The summed E-state index contributed by atoms with van der Waals surface area (Å²) in [7, 11) is 0. The lowest BCUT2D eigenvalue weighted by molar-refractivity contribution is -0.302. The average Bonchev–Trinajstić information content (AvgIpc) is 3.27. The van der Waals surface area contributed by atoms with Crippen molar-refractivity contribution in [2.45, 2.75) is 275 Å². The van der Waals surface area contributed by atoms with Gasteiger partial charge in [0.15, 0.2) is 6.29 Å². The SMILES string of the molecule is CCCCCCCCCCC/C=C/CC/C=C/C(O)C(COC1OC(CO)C(O)C(O)C1O)NC(=O)C(O)CCCCCCCC/C=C\CCCCCCCCCCCCCC. The maximum Gasteiger partial charge on any atom is 0.249 e. The van der Waals surface area contributed by atoms with Crippen LogP contribution in [0.3, 0.4) is 0 Å². The zero-order chi connectivity index (χ0) is 45.3. The number of aliphatic hydroxyl groups excluding tert-OH is 6. The number of carbonyl (C=O) groups excluding carboxylic acids is 1. The molecule has 1 heterocycles. The fraction of sp³-hybridized carbons (Fsp3) is 0.865. The molecule has 0 aromatic rings. The van der Waals surface area contributed by atoms with E-state index in [1.807, 2.05) is 6.08 Å². The van der Waals surface area contributed by atoms with Crippen LogP contribution >= 0.6 is 0 Å². The molecule has 62 heavy (non-hydrogen) atoms. The van der Waals surface area contributed by atoms with Crippen molar-refractivity contribution < 1.29 is 44.9 Å². The summed E-state index contributed by atoms with van der Waals surface area (Å²) in [6, 6.07) is -0.999. The number of amides is 1. The topological polar surface area (TPSA) is 169 Å². The Balaban J connectivity index is 2.35. The Morgan fingerprint density at radius 2 is 0.952 bits per heavy atom. The normalized spacial score (nSPS) is 21.1. The van der Waals surface area contributed by atoms with Crippen LogP contribution in [-0.2, 0) is 14.3 Å². The smallest absolute Gasteiger partial charge is 0.249 e. The Morgan fingerprint density at radius 1 is 0.548 bits per heavy atom. The van der Waals surface area contributed by atoms with E-state index in [2.05, 4.69) is 43.5 Å². The van der Waals surface area contributed by atoms with Crippen LogP contribution in [0.2, 0.25) is 0 Å². The van der Waals surface area contributed by atoms with E-state index in [-0.39, 0.29) is 6.61 Å². The van der Waals surface area contributed by atoms with E-state index in [1.165, 1.54) is 154 Å². The van der Waals surface area contributed by atoms with Gasteiger partial charge in [0.25, 0.3) is 0 Å². The zero-order valence-electron chi connectivity index (χ0n) is 39.7. The summed E-state index contributed by atoms with van der Waals surface area (Å²) >= 11 is 0. The molecular formula is C52H97NO9. The second-order valence-electron chi connectivity index (χ2n) is 18.1. The van der Waals surface area contributed by atoms with Gasteiger partial charge in [-0.15, -0.1) is 0 Å². The molecule has 1 aliphatic rings. The first kappa shape index (κ1) is 58.4. The van der Waals surface area contributed by atoms with Crippen LogP contribution in [0, 0.1) is 0 Å². The summed E-state index contributed by atoms with van der Waals surface area (Å²) in [4.78, 5) is 13.1. The van der Waals surface area contributed by atoms with Crippen LogP contribution in [0.25, 0.3) is 0 Å². The van der Waals surface area contributed by atoms with Crippen LogP contribution < -0.4 is 5.32 Å². The highest BCUT2D eigenvalue weighted by Crippen LogP contribution is 2.23. The van der Waals surface area contributed by atoms with Crippen molar-refractivity contribution in [1.29, 1.82) is 0 Å². The molecule has 10 nitrogen and oxygen atoms in total. The molecule has 0 spiro atoms. The van der Waals surface area contributed by atoms with Gasteiger partial charge in [-0.3, -0.25) is 4.79 Å². The summed E-state index contributed by atoms with van der Waals surface area (Å²) in [5.41, 5.74) is 0. The Bertz CT molecular complexity index is 1080. The number of unbranched alkanes of at least 4 members (excludes halogenated alkanes) is 28. The standard InChI is InChI=1S/C52H97NO9/c1-3-5-7-9-11-13-15-17-19-20-21-22-23-24-25-27-29-31-33-35-37-39-41-46(56)51(60)53-44(43-61-52-50(59)49(58)48(57)47(42-54)62-52)45(55)40-38-36-34-32-30-28-26-18-16-14-12-10-8-6-4-2/h24-25,30,32,38,40,44-50,52,54-59H,3-23,26-29,31,33-37,39,41-43H2,1-2H3,(H,53,60)/b25-24-,32-30+,40-38+. The second-order valence-corrected chi connectivity index (χ2v) is 18.1. The first-order valence-electron chi connectivity index (χ1n) is 25.8. The molecule has 0 bridgehead atoms. The molecule has 7 N–H and O–H groups in total. The summed E-state index contributed by atoms with van der Waals surface area (Å²) in [6.45, 7) is 3.60. The highest BCUT2D eigenvalue weighted by molar-refractivity contribution is 5.80. The maximum atomic E-state index is 13.1. The first-order chi connectivity index (χ1) is 30.3. The third-order valence-electron chi connectivity index (χ3n) is 12.3. The largest absolute Gasteiger partial charge is 0.394 e. The average molecular weight is 880 g/mol. The summed E-state index contributed by atoms with van der Waals surface area (Å²) in [5.74, 6) is -0.630. The van der Waals surface area contributed by atoms with Gasteiger partial charge in [-0.05, 0) is 57.8 Å². The predicted octanol–water partition coefficient (Wildman–Crippen LogP) is 10.6. The van der Waals surface area contributed by atoms with Crippen LogP contribution in [0.4, 0.5) is 0 Å². The van der Waals surface area contributed by atoms with Gasteiger partial charge < -0.3 is 45.4 Å². The van der Waals surface area contributed by atoms with Gasteiger partial charge in [-0.25, -0.2) is 0 Å². The lowest BCUT2D eigenvalue weighted by Gasteiger charge is -2.40. The predicted molar refractivity (Wildman–Crippen MR) is 255 cm³/mol. The lowest BCUT2D eigenvalue weighted by atomic mass is 9.99. The van der Waals surface area contributed by atoms with E-state index < -0.39 is 61.5 Å². The Labute approximate surface area is 379 Å². The first-order valence-corrected chi connectivity index (χ1v) is 25.8. The molecule has 1 saturated heterocycles. The number of rotatable bonds is 43. The highest BCUT2D eigenvalue weighted by atomic mass is 16.7. The van der Waals surface area contributed by atoms with E-state index in [4.69, 9.17) is 9.47 Å². The fourth-order valence-corrected chi connectivity index (χ4v) is 8.06. The van der Waals surface area contributed by atoms with Gasteiger partial charge in [-0.2, -0.15) is 0 Å². The molecule has 1 aliphatic heterocycles. The molecule has 1 amide bonds. The molecule has 364 valence electrons. The Hall–Kier alpha value is -1.63. The van der Waals surface area contributed by atoms with Crippen molar-refractivity contribution in [3.05, 3.63) is 36.5 Å². The van der Waals surface area contributed by atoms with E-state index in [9.17, 15) is 35.4 Å². The third kappa shape index (κ3) is 31.3. The van der Waals surface area contributed by atoms with Crippen molar-refractivity contribution >= 4 is 5.91 Å². The van der Waals surface area contributed by atoms with Crippen LogP contribution in [-0.4, -0.2) is 98.7 Å². The maximum absolute atomic E-state index is 13.1. The summed E-state index contributed by atoms with van der Waals surface area (Å²) < 4.78 is 11.1. The summed E-state index contributed by atoms with van der Waals surface area (Å²) in [5, 5.41) is 64.8. The van der Waals surface area contributed by atoms with Gasteiger partial charge in [0, 0.05) is 0 Å². The van der Waals surface area contributed by atoms with Gasteiger partial charge in [0.1, 0.15) is 30.5 Å². The summed E-state index contributed by atoms with van der Waals surface area (Å²) in [6.07, 6.45) is 42.4. The van der Waals surface area contributed by atoms with E-state index >= 15 is 0 Å². The number of hydrogen-bond acceptors (Lipinski definition) is 9. The Kier molecular flexibility index (Phi) is 39.6. The number of allylic oxidation sites excluding steroid dienone is 5. The molecule has 8 atom stereocenters. The molecule has 0 aromatic heterocycles. The molecule has 10 heteroatoms. The third-order valence-corrected chi connectivity index (χ3v) is 12.3. The quantitative estimate of drug-likeness (QED) is 0.0233. The molecule has 8 unspecified atom stereocenters. The number of aliphatic hydroxyl groups is 6. The van der Waals surface area contributed by atoms with Gasteiger partial charge in [0.05, 0.1) is 25.4 Å². The van der Waals surface area contributed by atoms with Gasteiger partial charge >= 0.3 is 0 Å². The number of nitrogens with one attached hydrogen (secondary N) is 1. The van der Waals surface area contributed by atoms with Crippen molar-refractivity contribution in [2.75, 3.05) is 13.2 Å². The van der Waals surface area contributed by atoms with E-state index in [1.54, 1.807) is 6.08 Å². The Morgan fingerprint density at radius 3 is 1.40 bits per heavy atom. The lowest BCUT2D eigenvalue weighted by Crippen LogP contribution is -2.60. The molecule has 1 fully saturated rings. The van der Waals surface area contributed by atoms with Gasteiger partial charge in [-0.1, -0.05) is 204 Å². The van der Waals surface area contributed by atoms with Crippen molar-refractivity contribution in [1.82, 2.24) is 5.32 Å². The zero-order valence-corrected chi connectivity index (χ0v) is 39.7. The monoisotopic (exact) mass is 880 g/mol. The fourth-order valence-electron chi connectivity index (χ4n) is 8.06. The molecule has 0 aromatic carbocycles. The van der Waals surface area contributed by atoms with E-state index in [0.29, 0.717) is 19.3 Å². The molecule has 0 radical (unpaired) electrons. The minimum absolute atomic E-state index is 0.297. The van der Waals surface area contributed by atoms with E-state index in [0.717, 1.165) is 38.5 Å². The van der Waals surface area contributed by atoms with Crippen LogP contribution in [0.15, 0.2) is 36.5 Å². The van der Waals surface area contributed by atoms with Gasteiger partial charge in [0.2, 0.25) is 5.91 Å². The number of carbonyl (C=O) groups is 1. The van der Waals surface area contributed by atoms with Crippen LogP contribution in [0.5, 0.6) is 0 Å². The molecule has 0 saturated carbocycles. The highest BCUT2D eigenvalue weighted by Gasteiger charge is 2.44. The second kappa shape index (κ2) is 42.0. The van der Waals surface area contributed by atoms with Crippen molar-refractivity contribution in [3.63, 3.8) is 0 Å². The molecule has 1 rings (SSSR count). The minimum Gasteiger partial charge on any atom is -0.394 e. The minimum atomic E-state index is -1.62. The number of ether oxygens (including phenoxy) is 2.